The number of amides is 8. The minimum absolute atomic E-state index is 0.000395. The smallest absolute Gasteiger partial charge is 0.407 e. The molecule has 0 radical (unpaired) electrons. The molecule has 0 saturated heterocycles. The molecule has 8 amide bonds. The van der Waals surface area contributed by atoms with E-state index in [1.807, 2.05) is 73.6 Å². The van der Waals surface area contributed by atoms with Crippen LogP contribution in [-0.4, -0.2) is 181 Å². The number of fused-ring (bicyclic) bond motifs is 4. The lowest BCUT2D eigenvalue weighted by atomic mass is 9.95. The molecule has 2 heterocycles. The van der Waals surface area contributed by atoms with Gasteiger partial charge in [-0.1, -0.05) is 80.6 Å². The zero-order valence-corrected chi connectivity index (χ0v) is 53.3. The third-order valence-electron chi connectivity index (χ3n) is 14.9. The maximum atomic E-state index is 14.9. The van der Waals surface area contributed by atoms with Crippen LogP contribution in [0.3, 0.4) is 0 Å². The lowest BCUT2D eigenvalue weighted by Gasteiger charge is -2.28. The number of ether oxygens (including phenoxy) is 7. The number of methoxy groups -OCH3 is 1. The minimum Gasteiger partial charge on any atom is -0.493 e. The monoisotopic (exact) mass is 1270 g/mol. The molecule has 24 nitrogen and oxygen atoms in total. The number of carbonyl (C=O) groups is 7. The average Bonchev–Trinajstić information content (AvgIpc) is 1.55. The van der Waals surface area contributed by atoms with E-state index in [1.165, 1.54) is 0 Å². The van der Waals surface area contributed by atoms with Crippen LogP contribution in [0.2, 0.25) is 0 Å². The van der Waals surface area contributed by atoms with Crippen molar-refractivity contribution in [3.63, 3.8) is 0 Å². The third-order valence-corrected chi connectivity index (χ3v) is 15.3. The van der Waals surface area contributed by atoms with Crippen molar-refractivity contribution in [2.75, 3.05) is 104 Å². The number of nitrogens with one attached hydrogen (secondary N) is 7. The molecule has 0 saturated carbocycles. The van der Waals surface area contributed by atoms with Gasteiger partial charge in [0.2, 0.25) is 17.9 Å². The number of alkyl halides is 1. The summed E-state index contributed by atoms with van der Waals surface area (Å²) in [5.74, 6) is -1.06. The number of nitrogens with two attached hydrogens (primary N) is 1. The summed E-state index contributed by atoms with van der Waals surface area (Å²) in [4.78, 5) is 101. The Balaban J connectivity index is 1.10. The number of nitrogens with zero attached hydrogens (tertiary/aromatic N) is 2. The van der Waals surface area contributed by atoms with E-state index in [0.717, 1.165) is 16.3 Å². The van der Waals surface area contributed by atoms with Gasteiger partial charge in [-0.05, 0) is 95.1 Å². The fourth-order valence-corrected chi connectivity index (χ4v) is 10.6. The van der Waals surface area contributed by atoms with Crippen LogP contribution in [0.25, 0.3) is 21.7 Å². The number of aromatic nitrogens is 1. The number of halogens is 1. The molecule has 3 aromatic carbocycles. The Labute approximate surface area is 530 Å². The molecule has 0 fully saturated rings. The quantitative estimate of drug-likeness (QED) is 0.0183. The van der Waals surface area contributed by atoms with Crippen molar-refractivity contribution in [2.45, 2.75) is 96.1 Å². The Bertz CT molecular complexity index is 3280. The fraction of sp³-hybridized carbons (Fsp3) is 0.492. The number of urea groups is 1. The van der Waals surface area contributed by atoms with E-state index in [0.29, 0.717) is 64.7 Å². The van der Waals surface area contributed by atoms with E-state index in [2.05, 4.69) is 36.9 Å². The molecule has 6 atom stereocenters. The van der Waals surface area contributed by atoms with Crippen LogP contribution in [0.4, 0.5) is 20.1 Å². The first-order chi connectivity index (χ1) is 43.1. The summed E-state index contributed by atoms with van der Waals surface area (Å²) >= 11 is 6.73. The predicted molar refractivity (Wildman–Crippen MR) is 343 cm³/mol. The van der Waals surface area contributed by atoms with Crippen molar-refractivity contribution in [3.05, 3.63) is 108 Å². The number of hydrogen-bond donors (Lipinski definition) is 8. The van der Waals surface area contributed by atoms with E-state index >= 15 is 0 Å². The maximum Gasteiger partial charge on any atom is 0.407 e. The number of H-pyrrole nitrogens is 1. The van der Waals surface area contributed by atoms with Gasteiger partial charge in [-0.15, -0.1) is 11.6 Å². The summed E-state index contributed by atoms with van der Waals surface area (Å²) in [5, 5.41) is 18.8. The van der Waals surface area contributed by atoms with Crippen LogP contribution < -0.4 is 56.7 Å². The minimum atomic E-state index is -1.28. The summed E-state index contributed by atoms with van der Waals surface area (Å²) < 4.78 is 40.7. The number of hydrogen-bond acceptors (Lipinski definition) is 15. The summed E-state index contributed by atoms with van der Waals surface area (Å²) in [6.45, 7) is 11.6. The number of primary amides is 1. The van der Waals surface area contributed by atoms with Gasteiger partial charge >= 0.3 is 18.2 Å². The molecule has 90 heavy (non-hydrogen) atoms. The molecule has 488 valence electrons. The standard InChI is InChI=1S/C65H87ClN10O14/c1-40(2)56(74-64(83)88-39-41-15-10-9-11-16-41)59(78)73-48(19-14-24-69-62(67)81)58(77)71-45-22-20-42(21-23-45)57(60(79)68-25-28-85-31-32-86-29-26-70-63(82)90-65(3,4)5)89-52-36-51-55(47-18-13-12-17-46(47)52)44(37-66)38-76(51)61(80)50-33-43-34-54(87-30-27-75(6)7)53(84-8)35-49(43)72-50/h9-13,15,17-18,20-22,33-36,40-41,44-45,48,56-57,72H,14,16,19,23-32,37-39H2,1-8H3,(H,68,79)(H,70,82)(H,71,77)(H,73,78)(H,74,83)(H3,67,69,81). The molecule has 7 rings (SSSR count). The van der Waals surface area contributed by atoms with Crippen LogP contribution in [0.5, 0.6) is 17.2 Å². The number of carbonyl (C=O) groups excluding carboxylic acids is 7. The highest BCUT2D eigenvalue weighted by Gasteiger charge is 2.38. The average molecular weight is 1270 g/mol. The van der Waals surface area contributed by atoms with Crippen LogP contribution in [0, 0.1) is 11.8 Å². The highest BCUT2D eigenvalue weighted by Crippen LogP contribution is 2.47. The first-order valence-corrected chi connectivity index (χ1v) is 30.9. The Morgan fingerprint density at radius 2 is 1.56 bits per heavy atom. The second-order valence-electron chi connectivity index (χ2n) is 23.7. The molecule has 2 aliphatic carbocycles. The number of allylic oxidation sites excluding steroid dienone is 3. The topological polar surface area (TPSA) is 305 Å². The van der Waals surface area contributed by atoms with E-state index < -0.39 is 71.7 Å². The zero-order valence-electron chi connectivity index (χ0n) is 52.6. The number of likely N-dealkylation sites (N-methyl/N-ethyl adjacent to an activating group) is 1. The highest BCUT2D eigenvalue weighted by molar-refractivity contribution is 6.19. The molecule has 9 N–H and O–H groups in total. The van der Waals surface area contributed by atoms with Crippen molar-refractivity contribution >= 4 is 80.8 Å². The molecule has 1 aromatic heterocycles. The first kappa shape index (κ1) is 69.2. The highest BCUT2D eigenvalue weighted by atomic mass is 35.5. The second kappa shape index (κ2) is 33.5. The van der Waals surface area contributed by atoms with Gasteiger partial charge in [0.25, 0.3) is 11.8 Å². The fourth-order valence-electron chi connectivity index (χ4n) is 10.4. The SMILES string of the molecule is COc1cc2[nH]c(C(=O)N3CC(CCl)c4c3cc(OC(C(=O)NCCOCCOCCNC(=O)OC(C)(C)C)C3=CCC(NC(=O)C(CCCNC(N)=O)NC(=O)C(NC(=O)OCC5C=CC=CC5)C(C)C)C=C3)c3ccccc43)cc2cc1OCCN(C)C. The van der Waals surface area contributed by atoms with E-state index in [4.69, 9.17) is 50.5 Å². The zero-order chi connectivity index (χ0) is 64.9. The summed E-state index contributed by atoms with van der Waals surface area (Å²) in [7, 11) is 5.48. The molecule has 3 aliphatic rings. The molecular formula is C65H87ClN10O14. The molecule has 1 aliphatic heterocycles. The lowest BCUT2D eigenvalue weighted by Crippen LogP contribution is -2.56. The Morgan fingerprint density at radius 3 is 2.21 bits per heavy atom. The molecule has 0 bridgehead atoms. The van der Waals surface area contributed by atoms with Crippen LogP contribution in [0.15, 0.2) is 96.6 Å². The van der Waals surface area contributed by atoms with E-state index in [-0.39, 0.29) is 102 Å². The van der Waals surface area contributed by atoms with Crippen molar-refractivity contribution in [1.82, 2.24) is 41.8 Å². The molecule has 0 spiro atoms. The van der Waals surface area contributed by atoms with E-state index in [9.17, 15) is 33.6 Å². The van der Waals surface area contributed by atoms with Gasteiger partial charge in [-0.2, -0.15) is 0 Å². The molecular weight excluding hydrogens is 1180 g/mol. The Morgan fingerprint density at radius 1 is 0.811 bits per heavy atom. The molecule has 6 unspecified atom stereocenters. The first-order valence-electron chi connectivity index (χ1n) is 30.4. The maximum absolute atomic E-state index is 14.9. The van der Waals surface area contributed by atoms with Crippen molar-refractivity contribution in [1.29, 1.82) is 0 Å². The van der Waals surface area contributed by atoms with Crippen LogP contribution in [-0.2, 0) is 33.3 Å². The van der Waals surface area contributed by atoms with Crippen LogP contribution >= 0.6 is 11.6 Å². The summed E-state index contributed by atoms with van der Waals surface area (Å²) in [6, 6.07) is 11.2. The van der Waals surface area contributed by atoms with Gasteiger partial charge in [0.05, 0.1) is 51.9 Å². The van der Waals surface area contributed by atoms with Gasteiger partial charge in [0, 0.05) is 78.9 Å². The Kier molecular flexibility index (Phi) is 25.7. The van der Waals surface area contributed by atoms with Gasteiger partial charge < -0.3 is 85.6 Å². The van der Waals surface area contributed by atoms with Gasteiger partial charge in [-0.25, -0.2) is 14.4 Å². The molecule has 4 aromatic rings. The number of aromatic amines is 1. The number of alkyl carbamates (subject to hydrolysis) is 2. The van der Waals surface area contributed by atoms with Gasteiger partial charge in [-0.3, -0.25) is 19.2 Å². The van der Waals surface area contributed by atoms with Crippen molar-refractivity contribution in [2.24, 2.45) is 17.6 Å². The van der Waals surface area contributed by atoms with Crippen LogP contribution in [0.1, 0.15) is 82.3 Å². The molecule has 25 heteroatoms. The second-order valence-corrected chi connectivity index (χ2v) is 24.0. The summed E-state index contributed by atoms with van der Waals surface area (Å²) in [5.41, 5.74) is 7.54. The number of benzene rings is 3. The summed E-state index contributed by atoms with van der Waals surface area (Å²) in [6.07, 6.45) is 11.6. The normalized spacial score (nSPS) is 17.0. The van der Waals surface area contributed by atoms with Crippen molar-refractivity contribution in [3.8, 4) is 17.2 Å². The number of anilines is 1. The lowest BCUT2D eigenvalue weighted by molar-refractivity contribution is -0.131. The predicted octanol–water partition coefficient (Wildman–Crippen LogP) is 6.86. The van der Waals surface area contributed by atoms with Gasteiger partial charge in [0.15, 0.2) is 11.5 Å². The largest absolute Gasteiger partial charge is 0.493 e. The number of rotatable bonds is 32. The Hall–Kier alpha value is -8.32. The third kappa shape index (κ3) is 20.1. The van der Waals surface area contributed by atoms with Crippen molar-refractivity contribution < 1.29 is 66.7 Å². The van der Waals surface area contributed by atoms with Gasteiger partial charge in [0.1, 0.15) is 35.7 Å². The van der Waals surface area contributed by atoms with E-state index in [1.54, 1.807) is 83.1 Å².